The second kappa shape index (κ2) is 5.70. The van der Waals surface area contributed by atoms with E-state index in [1.165, 1.54) is 6.07 Å². The molecule has 1 saturated heterocycles. The number of hydrogen-bond acceptors (Lipinski definition) is 4. The number of hydrogen-bond donors (Lipinski definition) is 0. The molecule has 1 aromatic carbocycles. The standard InChI is InChI=1S/C17H17FN4O/c1-22-16(12-4-2-3-5-13(12)18)20-14-10-19-15(21-17(14)22)11-6-8-23-9-7-11/h2-5,10-11H,6-9H2,1H3. The van der Waals surface area contributed by atoms with Crippen LogP contribution in [0.3, 0.4) is 0 Å². The molecule has 5 nitrogen and oxygen atoms in total. The largest absolute Gasteiger partial charge is 0.381 e. The normalized spacial score (nSPS) is 16.1. The van der Waals surface area contributed by atoms with Crippen molar-refractivity contribution in [1.82, 2.24) is 19.5 Å². The molecule has 118 valence electrons. The van der Waals surface area contributed by atoms with Gasteiger partial charge in [-0.1, -0.05) is 12.1 Å². The van der Waals surface area contributed by atoms with Gasteiger partial charge in [-0.2, -0.15) is 0 Å². The molecule has 0 N–H and O–H groups in total. The van der Waals surface area contributed by atoms with Crippen LogP contribution in [0.2, 0.25) is 0 Å². The summed E-state index contributed by atoms with van der Waals surface area (Å²) >= 11 is 0. The second-order valence-corrected chi connectivity index (χ2v) is 5.80. The molecule has 6 heteroatoms. The van der Waals surface area contributed by atoms with Crippen LogP contribution in [-0.4, -0.2) is 32.7 Å². The maximum absolute atomic E-state index is 14.1. The Kier molecular flexibility index (Phi) is 3.53. The van der Waals surface area contributed by atoms with E-state index in [9.17, 15) is 4.39 Å². The van der Waals surface area contributed by atoms with Crippen molar-refractivity contribution in [1.29, 1.82) is 0 Å². The summed E-state index contributed by atoms with van der Waals surface area (Å²) in [7, 11) is 1.86. The Labute approximate surface area is 133 Å². The van der Waals surface area contributed by atoms with Gasteiger partial charge in [0, 0.05) is 26.2 Å². The predicted octanol–water partition coefficient (Wildman–Crippen LogP) is 3.06. The predicted molar refractivity (Wildman–Crippen MR) is 84.5 cm³/mol. The van der Waals surface area contributed by atoms with E-state index < -0.39 is 0 Å². The zero-order valence-corrected chi connectivity index (χ0v) is 12.9. The van der Waals surface area contributed by atoms with Gasteiger partial charge in [0.15, 0.2) is 5.65 Å². The summed E-state index contributed by atoms with van der Waals surface area (Å²) in [6.45, 7) is 1.50. The molecule has 3 heterocycles. The molecule has 3 aromatic rings. The minimum absolute atomic E-state index is 0.288. The van der Waals surface area contributed by atoms with Gasteiger partial charge >= 0.3 is 0 Å². The Morgan fingerprint density at radius 3 is 2.74 bits per heavy atom. The monoisotopic (exact) mass is 312 g/mol. The fourth-order valence-electron chi connectivity index (χ4n) is 3.03. The number of aromatic nitrogens is 4. The molecule has 0 radical (unpaired) electrons. The maximum Gasteiger partial charge on any atom is 0.163 e. The molecule has 0 aliphatic carbocycles. The zero-order valence-electron chi connectivity index (χ0n) is 12.9. The lowest BCUT2D eigenvalue weighted by Gasteiger charge is -2.20. The van der Waals surface area contributed by atoms with Crippen LogP contribution in [0, 0.1) is 5.82 Å². The Morgan fingerprint density at radius 2 is 1.96 bits per heavy atom. The van der Waals surface area contributed by atoms with Crippen LogP contribution >= 0.6 is 0 Å². The minimum atomic E-state index is -0.288. The zero-order chi connectivity index (χ0) is 15.8. The van der Waals surface area contributed by atoms with Crippen LogP contribution in [0.1, 0.15) is 24.6 Å². The van der Waals surface area contributed by atoms with Crippen LogP contribution in [0.5, 0.6) is 0 Å². The first kappa shape index (κ1) is 14.3. The van der Waals surface area contributed by atoms with Crippen molar-refractivity contribution in [3.05, 3.63) is 42.1 Å². The fourth-order valence-corrected chi connectivity index (χ4v) is 3.03. The molecule has 4 rings (SSSR count). The summed E-state index contributed by atoms with van der Waals surface area (Å²) in [6.07, 6.45) is 3.60. The number of imidazole rings is 1. The lowest BCUT2D eigenvalue weighted by molar-refractivity contribution is 0.0836. The second-order valence-electron chi connectivity index (χ2n) is 5.80. The molecule has 2 aromatic heterocycles. The highest BCUT2D eigenvalue weighted by molar-refractivity contribution is 5.76. The molecule has 1 aliphatic heterocycles. The van der Waals surface area contributed by atoms with E-state index in [0.717, 1.165) is 37.5 Å². The van der Waals surface area contributed by atoms with E-state index in [1.807, 2.05) is 11.6 Å². The van der Waals surface area contributed by atoms with Crippen molar-refractivity contribution in [2.24, 2.45) is 7.05 Å². The van der Waals surface area contributed by atoms with Gasteiger partial charge in [-0.15, -0.1) is 0 Å². The van der Waals surface area contributed by atoms with Gasteiger partial charge in [0.2, 0.25) is 0 Å². The number of fused-ring (bicyclic) bond motifs is 1. The van der Waals surface area contributed by atoms with Gasteiger partial charge in [0.05, 0.1) is 11.8 Å². The summed E-state index contributed by atoms with van der Waals surface area (Å²) in [5, 5.41) is 0. The molecule has 0 spiro atoms. The number of nitrogens with zero attached hydrogens (tertiary/aromatic N) is 4. The molecule has 23 heavy (non-hydrogen) atoms. The van der Waals surface area contributed by atoms with Crippen molar-refractivity contribution < 1.29 is 9.13 Å². The molecular formula is C17H17FN4O. The molecule has 1 aliphatic rings. The molecule has 0 amide bonds. The third-order valence-electron chi connectivity index (χ3n) is 4.33. The highest BCUT2D eigenvalue weighted by Crippen LogP contribution is 2.28. The maximum atomic E-state index is 14.1. The van der Waals surface area contributed by atoms with Crippen molar-refractivity contribution in [3.8, 4) is 11.4 Å². The molecule has 0 atom stereocenters. The van der Waals surface area contributed by atoms with E-state index in [1.54, 1.807) is 24.4 Å². The molecular weight excluding hydrogens is 295 g/mol. The third-order valence-corrected chi connectivity index (χ3v) is 4.33. The number of halogens is 1. The first-order chi connectivity index (χ1) is 11.2. The number of ether oxygens (including phenoxy) is 1. The summed E-state index contributed by atoms with van der Waals surface area (Å²) in [4.78, 5) is 13.7. The minimum Gasteiger partial charge on any atom is -0.381 e. The van der Waals surface area contributed by atoms with Gasteiger partial charge in [-0.25, -0.2) is 19.3 Å². The highest BCUT2D eigenvalue weighted by atomic mass is 19.1. The fraction of sp³-hybridized carbons (Fsp3) is 0.353. The first-order valence-corrected chi connectivity index (χ1v) is 7.76. The van der Waals surface area contributed by atoms with Gasteiger partial charge < -0.3 is 9.30 Å². The lowest BCUT2D eigenvalue weighted by Crippen LogP contribution is -2.16. The quantitative estimate of drug-likeness (QED) is 0.730. The van der Waals surface area contributed by atoms with E-state index >= 15 is 0 Å². The number of aryl methyl sites for hydroxylation is 1. The Bertz CT molecular complexity index is 855. The van der Waals surface area contributed by atoms with Crippen molar-refractivity contribution in [2.75, 3.05) is 13.2 Å². The third kappa shape index (κ3) is 2.49. The van der Waals surface area contributed by atoms with E-state index in [4.69, 9.17) is 4.74 Å². The Hall–Kier alpha value is -2.34. The van der Waals surface area contributed by atoms with E-state index in [2.05, 4.69) is 15.0 Å². The molecule has 0 unspecified atom stereocenters. The highest BCUT2D eigenvalue weighted by Gasteiger charge is 2.21. The van der Waals surface area contributed by atoms with Crippen molar-refractivity contribution in [3.63, 3.8) is 0 Å². The Morgan fingerprint density at radius 1 is 1.17 bits per heavy atom. The van der Waals surface area contributed by atoms with E-state index in [0.29, 0.717) is 22.8 Å². The lowest BCUT2D eigenvalue weighted by atomic mass is 9.99. The number of rotatable bonds is 2. The SMILES string of the molecule is Cn1c(-c2ccccc2F)nc2cnc(C3CCOCC3)nc21. The summed E-state index contributed by atoms with van der Waals surface area (Å²) in [5.41, 5.74) is 1.89. The van der Waals surface area contributed by atoms with Crippen molar-refractivity contribution >= 4 is 11.2 Å². The summed E-state index contributed by atoms with van der Waals surface area (Å²) in [6, 6.07) is 6.64. The van der Waals surface area contributed by atoms with Gasteiger partial charge in [-0.3, -0.25) is 0 Å². The average molecular weight is 312 g/mol. The smallest absolute Gasteiger partial charge is 0.163 e. The molecule has 0 bridgehead atoms. The molecule has 0 saturated carbocycles. The summed E-state index contributed by atoms with van der Waals surface area (Å²) < 4.78 is 21.3. The van der Waals surface area contributed by atoms with Crippen molar-refractivity contribution in [2.45, 2.75) is 18.8 Å². The average Bonchev–Trinajstić information content (AvgIpc) is 2.92. The number of benzene rings is 1. The van der Waals surface area contributed by atoms with Crippen LogP contribution in [0.4, 0.5) is 4.39 Å². The van der Waals surface area contributed by atoms with Crippen LogP contribution < -0.4 is 0 Å². The van der Waals surface area contributed by atoms with Crippen LogP contribution in [-0.2, 0) is 11.8 Å². The van der Waals surface area contributed by atoms with Gasteiger partial charge in [0.1, 0.15) is 23.0 Å². The van der Waals surface area contributed by atoms with Crippen LogP contribution in [0.25, 0.3) is 22.6 Å². The van der Waals surface area contributed by atoms with Gasteiger partial charge in [-0.05, 0) is 25.0 Å². The van der Waals surface area contributed by atoms with Crippen LogP contribution in [0.15, 0.2) is 30.5 Å². The van der Waals surface area contributed by atoms with E-state index in [-0.39, 0.29) is 5.82 Å². The molecule has 1 fully saturated rings. The summed E-state index contributed by atoms with van der Waals surface area (Å²) in [5.74, 6) is 1.42. The Balaban J connectivity index is 1.80. The van der Waals surface area contributed by atoms with Gasteiger partial charge in [0.25, 0.3) is 0 Å². The topological polar surface area (TPSA) is 52.8 Å². The first-order valence-electron chi connectivity index (χ1n) is 7.76.